The third kappa shape index (κ3) is 6.23. The number of carbonyl (C=O) groups is 1. The molecule has 1 unspecified atom stereocenters. The van der Waals surface area contributed by atoms with Gasteiger partial charge in [0, 0.05) is 31.5 Å². The molecule has 1 saturated heterocycles. The Morgan fingerprint density at radius 1 is 1.09 bits per heavy atom. The second kappa shape index (κ2) is 9.80. The summed E-state index contributed by atoms with van der Waals surface area (Å²) in [5.74, 6) is 0.263. The minimum absolute atomic E-state index is 0.00654. The zero-order valence-corrected chi connectivity index (χ0v) is 19.6. The Balaban J connectivity index is 1.29. The van der Waals surface area contributed by atoms with Crippen molar-refractivity contribution < 1.29 is 13.2 Å². The fourth-order valence-corrected chi connectivity index (χ4v) is 4.84. The van der Waals surface area contributed by atoms with Crippen molar-refractivity contribution in [2.45, 2.75) is 38.2 Å². The van der Waals surface area contributed by atoms with E-state index in [4.69, 9.17) is 0 Å². The van der Waals surface area contributed by atoms with Crippen LogP contribution in [0.25, 0.3) is 11.4 Å². The number of aryl methyl sites for hydroxylation is 1. The Bertz CT molecular complexity index is 1210. The van der Waals surface area contributed by atoms with Gasteiger partial charge in [-0.2, -0.15) is 4.80 Å². The molecule has 0 aliphatic carbocycles. The lowest BCUT2D eigenvalue weighted by atomic mass is 10.1. The number of sulfone groups is 1. The molecule has 3 aromatic rings. The van der Waals surface area contributed by atoms with Crippen LogP contribution in [0.2, 0.25) is 0 Å². The molecule has 0 radical (unpaired) electrons. The molecule has 1 fully saturated rings. The Morgan fingerprint density at radius 2 is 1.79 bits per heavy atom. The van der Waals surface area contributed by atoms with Crippen LogP contribution < -0.4 is 5.32 Å². The van der Waals surface area contributed by atoms with Gasteiger partial charge in [0.1, 0.15) is 6.54 Å². The fraction of sp³-hybridized carbons (Fsp3) is 0.391. The maximum atomic E-state index is 12.2. The van der Waals surface area contributed by atoms with Crippen molar-refractivity contribution in [1.82, 2.24) is 30.4 Å². The Morgan fingerprint density at radius 3 is 2.45 bits per heavy atom. The summed E-state index contributed by atoms with van der Waals surface area (Å²) in [5, 5.41) is 14.9. The SMILES string of the molecule is Cc1ccc(CNC(=O)Cn2nnc(-c3ccc(CN4CCC(S(C)(=O)=O)C4)cc3)n2)cc1. The number of amides is 1. The van der Waals surface area contributed by atoms with E-state index >= 15 is 0 Å². The number of nitrogens with zero attached hydrogens (tertiary/aromatic N) is 5. The molecule has 1 aromatic heterocycles. The van der Waals surface area contributed by atoms with E-state index in [9.17, 15) is 13.2 Å². The van der Waals surface area contributed by atoms with Gasteiger partial charge in [-0.15, -0.1) is 10.2 Å². The van der Waals surface area contributed by atoms with E-state index in [0.717, 1.165) is 23.2 Å². The van der Waals surface area contributed by atoms with Gasteiger partial charge in [0.05, 0.1) is 5.25 Å². The van der Waals surface area contributed by atoms with Crippen LogP contribution in [0.1, 0.15) is 23.1 Å². The molecule has 10 heteroatoms. The predicted molar refractivity (Wildman–Crippen MR) is 125 cm³/mol. The summed E-state index contributed by atoms with van der Waals surface area (Å²) >= 11 is 0. The molecule has 0 bridgehead atoms. The average molecular weight is 469 g/mol. The van der Waals surface area contributed by atoms with E-state index < -0.39 is 9.84 Å². The molecule has 1 amide bonds. The normalized spacial score (nSPS) is 16.7. The maximum Gasteiger partial charge on any atom is 0.243 e. The highest BCUT2D eigenvalue weighted by atomic mass is 32.2. The number of hydrogen-bond acceptors (Lipinski definition) is 7. The molecule has 1 N–H and O–H groups in total. The molecule has 0 saturated carbocycles. The van der Waals surface area contributed by atoms with Gasteiger partial charge >= 0.3 is 0 Å². The van der Waals surface area contributed by atoms with Gasteiger partial charge in [0.25, 0.3) is 0 Å². The number of likely N-dealkylation sites (tertiary alicyclic amines) is 1. The molecule has 0 spiro atoms. The van der Waals surface area contributed by atoms with Crippen LogP contribution in [-0.2, 0) is 34.3 Å². The molecule has 1 aliphatic rings. The van der Waals surface area contributed by atoms with Gasteiger partial charge in [0.2, 0.25) is 11.7 Å². The minimum Gasteiger partial charge on any atom is -0.350 e. The number of rotatable bonds is 8. The molecule has 2 heterocycles. The second-order valence-corrected chi connectivity index (χ2v) is 10.9. The largest absolute Gasteiger partial charge is 0.350 e. The van der Waals surface area contributed by atoms with Crippen LogP contribution in [0.15, 0.2) is 48.5 Å². The van der Waals surface area contributed by atoms with Gasteiger partial charge < -0.3 is 5.32 Å². The number of tetrazole rings is 1. The summed E-state index contributed by atoms with van der Waals surface area (Å²) in [7, 11) is -2.99. The van der Waals surface area contributed by atoms with Crippen LogP contribution in [0.3, 0.4) is 0 Å². The van der Waals surface area contributed by atoms with Crippen molar-refractivity contribution in [1.29, 1.82) is 0 Å². The van der Waals surface area contributed by atoms with Gasteiger partial charge in [-0.1, -0.05) is 54.1 Å². The summed E-state index contributed by atoms with van der Waals surface area (Å²) in [6.45, 7) is 4.52. The highest BCUT2D eigenvalue weighted by Gasteiger charge is 2.29. The zero-order valence-electron chi connectivity index (χ0n) is 18.8. The standard InChI is InChI=1S/C23H28N6O3S/c1-17-3-5-18(6-4-17)13-24-22(30)16-29-26-23(25-27-29)20-9-7-19(8-10-20)14-28-12-11-21(15-28)33(2,31)32/h3-10,21H,11-16H2,1-2H3,(H,24,30). The highest BCUT2D eigenvalue weighted by Crippen LogP contribution is 2.20. The first-order valence-electron chi connectivity index (χ1n) is 10.9. The molecule has 1 aliphatic heterocycles. The zero-order chi connectivity index (χ0) is 23.4. The Labute approximate surface area is 193 Å². The lowest BCUT2D eigenvalue weighted by molar-refractivity contribution is -0.122. The molecule has 4 rings (SSSR count). The van der Waals surface area contributed by atoms with Crippen LogP contribution in [0, 0.1) is 6.92 Å². The quantitative estimate of drug-likeness (QED) is 0.534. The van der Waals surface area contributed by atoms with E-state index in [1.165, 1.54) is 16.6 Å². The molecule has 33 heavy (non-hydrogen) atoms. The summed E-state index contributed by atoms with van der Waals surface area (Å²) < 4.78 is 23.5. The van der Waals surface area contributed by atoms with E-state index in [0.29, 0.717) is 31.9 Å². The van der Waals surface area contributed by atoms with Crippen molar-refractivity contribution in [2.75, 3.05) is 19.3 Å². The van der Waals surface area contributed by atoms with E-state index in [1.54, 1.807) is 0 Å². The first-order chi connectivity index (χ1) is 15.8. The van der Waals surface area contributed by atoms with Crippen molar-refractivity contribution in [3.8, 4) is 11.4 Å². The lowest BCUT2D eigenvalue weighted by Gasteiger charge is -2.15. The third-order valence-corrected chi connectivity index (χ3v) is 7.40. The molecule has 1 atom stereocenters. The Hall–Kier alpha value is -3.11. The number of carbonyl (C=O) groups excluding carboxylic acids is 1. The summed E-state index contributed by atoms with van der Waals surface area (Å²) in [6, 6.07) is 15.8. The topological polar surface area (TPSA) is 110 Å². The summed E-state index contributed by atoms with van der Waals surface area (Å²) in [6.07, 6.45) is 1.99. The van der Waals surface area contributed by atoms with Crippen molar-refractivity contribution in [3.63, 3.8) is 0 Å². The van der Waals surface area contributed by atoms with Crippen LogP contribution in [0.5, 0.6) is 0 Å². The minimum atomic E-state index is -2.99. The van der Waals surface area contributed by atoms with Crippen LogP contribution >= 0.6 is 0 Å². The van der Waals surface area contributed by atoms with Gasteiger partial charge in [-0.25, -0.2) is 8.42 Å². The van der Waals surface area contributed by atoms with Crippen molar-refractivity contribution >= 4 is 15.7 Å². The molecular formula is C23H28N6O3S. The molecular weight excluding hydrogens is 440 g/mol. The Kier molecular flexibility index (Phi) is 6.85. The molecule has 2 aromatic carbocycles. The lowest BCUT2D eigenvalue weighted by Crippen LogP contribution is -2.28. The average Bonchev–Trinajstić information content (AvgIpc) is 3.44. The maximum absolute atomic E-state index is 12.2. The number of nitrogens with one attached hydrogen (secondary N) is 1. The molecule has 9 nitrogen and oxygen atoms in total. The van der Waals surface area contributed by atoms with Gasteiger partial charge in [-0.05, 0) is 36.2 Å². The van der Waals surface area contributed by atoms with E-state index in [2.05, 4.69) is 25.6 Å². The fourth-order valence-electron chi connectivity index (χ4n) is 3.82. The van der Waals surface area contributed by atoms with Gasteiger partial charge in [-0.3, -0.25) is 9.69 Å². The molecule has 174 valence electrons. The van der Waals surface area contributed by atoms with Crippen molar-refractivity contribution in [2.24, 2.45) is 0 Å². The van der Waals surface area contributed by atoms with Crippen LogP contribution in [-0.4, -0.2) is 64.0 Å². The van der Waals surface area contributed by atoms with E-state index in [1.807, 2.05) is 55.5 Å². The second-order valence-electron chi connectivity index (χ2n) is 8.58. The van der Waals surface area contributed by atoms with E-state index in [-0.39, 0.29) is 17.7 Å². The monoisotopic (exact) mass is 468 g/mol. The first kappa shape index (κ1) is 23.1. The third-order valence-electron chi connectivity index (χ3n) is 5.80. The predicted octanol–water partition coefficient (Wildman–Crippen LogP) is 1.58. The van der Waals surface area contributed by atoms with Crippen molar-refractivity contribution in [3.05, 3.63) is 65.2 Å². The summed E-state index contributed by atoms with van der Waals surface area (Å²) in [4.78, 5) is 15.6. The first-order valence-corrected chi connectivity index (χ1v) is 12.8. The van der Waals surface area contributed by atoms with Crippen LogP contribution in [0.4, 0.5) is 0 Å². The number of benzene rings is 2. The smallest absolute Gasteiger partial charge is 0.243 e. The summed E-state index contributed by atoms with van der Waals surface area (Å²) in [5.41, 5.74) is 4.10. The highest BCUT2D eigenvalue weighted by molar-refractivity contribution is 7.91. The van der Waals surface area contributed by atoms with Gasteiger partial charge in [0.15, 0.2) is 9.84 Å². The number of aromatic nitrogens is 4. The number of hydrogen-bond donors (Lipinski definition) is 1.